The van der Waals surface area contributed by atoms with Crippen molar-refractivity contribution in [3.8, 4) is 0 Å². The lowest BCUT2D eigenvalue weighted by molar-refractivity contribution is 0.103. The van der Waals surface area contributed by atoms with Gasteiger partial charge >= 0.3 is 0 Å². The molecule has 0 heterocycles. The van der Waals surface area contributed by atoms with Gasteiger partial charge < -0.3 is 5.32 Å². The average molecular weight is 290 g/mol. The SMILES string of the molecule is CNc1ccc(Br)cc1C(=O)c1ccccc1. The minimum Gasteiger partial charge on any atom is -0.388 e. The zero-order valence-electron chi connectivity index (χ0n) is 9.41. The summed E-state index contributed by atoms with van der Waals surface area (Å²) in [6.07, 6.45) is 0. The highest BCUT2D eigenvalue weighted by Gasteiger charge is 2.12. The van der Waals surface area contributed by atoms with Crippen molar-refractivity contribution in [2.24, 2.45) is 0 Å². The maximum atomic E-state index is 12.3. The normalized spacial score (nSPS) is 10.0. The summed E-state index contributed by atoms with van der Waals surface area (Å²) in [7, 11) is 1.81. The number of benzene rings is 2. The number of carbonyl (C=O) groups is 1. The zero-order valence-corrected chi connectivity index (χ0v) is 11.0. The second kappa shape index (κ2) is 5.15. The lowest BCUT2D eigenvalue weighted by atomic mass is 10.0. The number of ketones is 1. The highest BCUT2D eigenvalue weighted by atomic mass is 79.9. The molecule has 0 bridgehead atoms. The number of halogens is 1. The van der Waals surface area contributed by atoms with E-state index in [1.165, 1.54) is 0 Å². The molecule has 0 spiro atoms. The quantitative estimate of drug-likeness (QED) is 0.873. The number of carbonyl (C=O) groups excluding carboxylic acids is 1. The number of hydrogen-bond acceptors (Lipinski definition) is 2. The maximum Gasteiger partial charge on any atom is 0.195 e. The fraction of sp³-hybridized carbons (Fsp3) is 0.0714. The topological polar surface area (TPSA) is 29.1 Å². The van der Waals surface area contributed by atoms with E-state index in [1.54, 1.807) is 0 Å². The van der Waals surface area contributed by atoms with Crippen molar-refractivity contribution in [2.75, 3.05) is 12.4 Å². The second-order valence-corrected chi connectivity index (χ2v) is 4.55. The Morgan fingerprint density at radius 3 is 2.47 bits per heavy atom. The molecular formula is C14H12BrNO. The molecule has 2 aromatic carbocycles. The lowest BCUT2D eigenvalue weighted by Gasteiger charge is -2.08. The van der Waals surface area contributed by atoms with Gasteiger partial charge in [-0.25, -0.2) is 0 Å². The Kier molecular flexibility index (Phi) is 3.59. The van der Waals surface area contributed by atoms with Gasteiger partial charge in [0, 0.05) is 28.3 Å². The van der Waals surface area contributed by atoms with Gasteiger partial charge in [-0.3, -0.25) is 4.79 Å². The molecule has 2 nitrogen and oxygen atoms in total. The highest BCUT2D eigenvalue weighted by Crippen LogP contribution is 2.23. The maximum absolute atomic E-state index is 12.3. The van der Waals surface area contributed by atoms with Crippen molar-refractivity contribution in [1.82, 2.24) is 0 Å². The van der Waals surface area contributed by atoms with E-state index in [2.05, 4.69) is 21.2 Å². The molecule has 0 atom stereocenters. The molecule has 0 unspecified atom stereocenters. The van der Waals surface area contributed by atoms with Gasteiger partial charge in [0.05, 0.1) is 0 Å². The minimum absolute atomic E-state index is 0.0243. The van der Waals surface area contributed by atoms with E-state index in [-0.39, 0.29) is 5.78 Å². The van der Waals surface area contributed by atoms with E-state index < -0.39 is 0 Å². The summed E-state index contributed by atoms with van der Waals surface area (Å²) in [6.45, 7) is 0. The van der Waals surface area contributed by atoms with E-state index in [9.17, 15) is 4.79 Å². The molecule has 0 aromatic heterocycles. The molecular weight excluding hydrogens is 278 g/mol. The standard InChI is InChI=1S/C14H12BrNO/c1-16-13-8-7-11(15)9-12(13)14(17)10-5-3-2-4-6-10/h2-9,16H,1H3. The molecule has 0 aliphatic carbocycles. The first kappa shape index (κ1) is 11.9. The van der Waals surface area contributed by atoms with Gasteiger partial charge in [0.25, 0.3) is 0 Å². The number of hydrogen-bond donors (Lipinski definition) is 1. The van der Waals surface area contributed by atoms with Crippen molar-refractivity contribution < 1.29 is 4.79 Å². The summed E-state index contributed by atoms with van der Waals surface area (Å²) in [4.78, 5) is 12.3. The summed E-state index contributed by atoms with van der Waals surface area (Å²) in [5, 5.41) is 3.03. The monoisotopic (exact) mass is 289 g/mol. The third-order valence-electron chi connectivity index (χ3n) is 2.53. The van der Waals surface area contributed by atoms with Gasteiger partial charge in [0.1, 0.15) is 0 Å². The van der Waals surface area contributed by atoms with E-state index in [1.807, 2.05) is 55.6 Å². The van der Waals surface area contributed by atoms with Crippen LogP contribution >= 0.6 is 15.9 Å². The molecule has 0 aliphatic heterocycles. The number of rotatable bonds is 3. The molecule has 0 saturated carbocycles. The van der Waals surface area contributed by atoms with Crippen molar-refractivity contribution in [2.45, 2.75) is 0 Å². The van der Waals surface area contributed by atoms with Gasteiger partial charge in [-0.15, -0.1) is 0 Å². The van der Waals surface area contributed by atoms with Crippen molar-refractivity contribution in [3.63, 3.8) is 0 Å². The Hall–Kier alpha value is -1.61. The number of nitrogens with one attached hydrogen (secondary N) is 1. The van der Waals surface area contributed by atoms with Crippen molar-refractivity contribution >= 4 is 27.4 Å². The predicted molar refractivity (Wildman–Crippen MR) is 73.6 cm³/mol. The van der Waals surface area contributed by atoms with E-state index >= 15 is 0 Å². The van der Waals surface area contributed by atoms with E-state index in [0.717, 1.165) is 10.2 Å². The van der Waals surface area contributed by atoms with Crippen molar-refractivity contribution in [1.29, 1.82) is 0 Å². The first-order valence-electron chi connectivity index (χ1n) is 5.29. The van der Waals surface area contributed by atoms with Gasteiger partial charge in [-0.1, -0.05) is 46.3 Å². The zero-order chi connectivity index (χ0) is 12.3. The van der Waals surface area contributed by atoms with Crippen molar-refractivity contribution in [3.05, 3.63) is 64.1 Å². The van der Waals surface area contributed by atoms with Gasteiger partial charge in [0.15, 0.2) is 5.78 Å². The van der Waals surface area contributed by atoms with Crippen LogP contribution in [0.1, 0.15) is 15.9 Å². The predicted octanol–water partition coefficient (Wildman–Crippen LogP) is 3.72. The minimum atomic E-state index is 0.0243. The van der Waals surface area contributed by atoms with E-state index in [0.29, 0.717) is 11.1 Å². The Morgan fingerprint density at radius 2 is 1.82 bits per heavy atom. The van der Waals surface area contributed by atoms with Crippen LogP contribution in [0.2, 0.25) is 0 Å². The Balaban J connectivity index is 2.47. The third kappa shape index (κ3) is 2.56. The van der Waals surface area contributed by atoms with Crippen LogP contribution in [0.25, 0.3) is 0 Å². The molecule has 0 amide bonds. The average Bonchev–Trinajstić information content (AvgIpc) is 2.39. The van der Waals surface area contributed by atoms with Crippen LogP contribution in [-0.2, 0) is 0 Å². The molecule has 1 N–H and O–H groups in total. The van der Waals surface area contributed by atoms with Crippen LogP contribution in [0.5, 0.6) is 0 Å². The van der Waals surface area contributed by atoms with Crippen LogP contribution in [0, 0.1) is 0 Å². The second-order valence-electron chi connectivity index (χ2n) is 3.64. The van der Waals surface area contributed by atoms with Gasteiger partial charge in [0.2, 0.25) is 0 Å². The first-order valence-corrected chi connectivity index (χ1v) is 6.08. The van der Waals surface area contributed by atoms with Crippen LogP contribution in [0.15, 0.2) is 53.0 Å². The summed E-state index contributed by atoms with van der Waals surface area (Å²) in [5.74, 6) is 0.0243. The smallest absolute Gasteiger partial charge is 0.195 e. The first-order chi connectivity index (χ1) is 8.22. The van der Waals surface area contributed by atoms with Crippen LogP contribution < -0.4 is 5.32 Å². The number of anilines is 1. The fourth-order valence-electron chi connectivity index (χ4n) is 1.67. The van der Waals surface area contributed by atoms with Crippen LogP contribution in [-0.4, -0.2) is 12.8 Å². The highest BCUT2D eigenvalue weighted by molar-refractivity contribution is 9.10. The van der Waals surface area contributed by atoms with E-state index in [4.69, 9.17) is 0 Å². The molecule has 2 aromatic rings. The molecule has 3 heteroatoms. The molecule has 0 fully saturated rings. The molecule has 86 valence electrons. The molecule has 0 saturated heterocycles. The third-order valence-corrected chi connectivity index (χ3v) is 3.02. The summed E-state index contributed by atoms with van der Waals surface area (Å²) in [5.41, 5.74) is 2.21. The fourth-order valence-corrected chi connectivity index (χ4v) is 2.03. The Bertz CT molecular complexity index is 537. The molecule has 0 radical (unpaired) electrons. The summed E-state index contributed by atoms with van der Waals surface area (Å²) in [6, 6.07) is 14.9. The van der Waals surface area contributed by atoms with Crippen LogP contribution in [0.3, 0.4) is 0 Å². The largest absolute Gasteiger partial charge is 0.388 e. The lowest BCUT2D eigenvalue weighted by Crippen LogP contribution is -2.05. The Labute approximate surface area is 109 Å². The molecule has 2 rings (SSSR count). The van der Waals surface area contributed by atoms with Gasteiger partial charge in [-0.2, -0.15) is 0 Å². The summed E-state index contributed by atoms with van der Waals surface area (Å²) >= 11 is 3.39. The summed E-state index contributed by atoms with van der Waals surface area (Å²) < 4.78 is 0.899. The van der Waals surface area contributed by atoms with Crippen LogP contribution in [0.4, 0.5) is 5.69 Å². The molecule has 17 heavy (non-hydrogen) atoms. The molecule has 0 aliphatic rings. The Morgan fingerprint density at radius 1 is 1.12 bits per heavy atom. The van der Waals surface area contributed by atoms with Gasteiger partial charge in [-0.05, 0) is 18.2 Å².